The fraction of sp³-hybridized carbons (Fsp3) is 0.889. The van der Waals surface area contributed by atoms with Crippen LogP contribution in [-0.2, 0) is 19.4 Å². The molecule has 0 heterocycles. The van der Waals surface area contributed by atoms with Gasteiger partial charge in [0.1, 0.15) is 5.78 Å². The average molecular weight is 220 g/mol. The second kappa shape index (κ2) is 4.89. The number of hydrogen-bond donors (Lipinski definition) is 0. The first-order valence-corrected chi connectivity index (χ1v) is 6.50. The second-order valence-electron chi connectivity index (χ2n) is 3.62. The molecule has 82 valence electrons. The summed E-state index contributed by atoms with van der Waals surface area (Å²) in [6, 6.07) is 0. The minimum absolute atomic E-state index is 0.0292. The van der Waals surface area contributed by atoms with E-state index in [0.29, 0.717) is 19.3 Å². The number of ketones is 1. The summed E-state index contributed by atoms with van der Waals surface area (Å²) in [5.74, 6) is 0.101. The number of methoxy groups -OCH3 is 1. The van der Waals surface area contributed by atoms with Crippen molar-refractivity contribution in [1.29, 1.82) is 0 Å². The zero-order valence-corrected chi connectivity index (χ0v) is 9.18. The lowest BCUT2D eigenvalue weighted by Crippen LogP contribution is -2.31. The number of ether oxygens (including phenoxy) is 1. The van der Waals surface area contributed by atoms with Crippen LogP contribution in [0.3, 0.4) is 0 Å². The van der Waals surface area contributed by atoms with Gasteiger partial charge in [-0.05, 0) is 12.8 Å². The van der Waals surface area contributed by atoms with Crippen LogP contribution in [0, 0.1) is 0 Å². The van der Waals surface area contributed by atoms with E-state index in [4.69, 9.17) is 4.74 Å². The Hall–Kier alpha value is -0.420. The lowest BCUT2D eigenvalue weighted by atomic mass is 9.99. The van der Waals surface area contributed by atoms with Crippen molar-refractivity contribution in [3.63, 3.8) is 0 Å². The van der Waals surface area contributed by atoms with Crippen LogP contribution in [0.1, 0.15) is 25.7 Å². The lowest BCUT2D eigenvalue weighted by Gasteiger charge is -2.20. The molecule has 5 heteroatoms. The van der Waals surface area contributed by atoms with Gasteiger partial charge in [0.2, 0.25) is 0 Å². The summed E-state index contributed by atoms with van der Waals surface area (Å²) in [7, 11) is -1.65. The van der Waals surface area contributed by atoms with E-state index in [1.54, 1.807) is 0 Å². The first-order valence-electron chi connectivity index (χ1n) is 4.78. The van der Waals surface area contributed by atoms with Gasteiger partial charge in [-0.15, -0.1) is 0 Å². The van der Waals surface area contributed by atoms with E-state index in [9.17, 15) is 13.2 Å². The SMILES string of the molecule is COCCS(=O)(=O)C1CCCC(=O)C1. The Morgan fingerprint density at radius 1 is 1.50 bits per heavy atom. The van der Waals surface area contributed by atoms with Crippen LogP contribution in [0.2, 0.25) is 0 Å². The van der Waals surface area contributed by atoms with Crippen molar-refractivity contribution < 1.29 is 17.9 Å². The maximum Gasteiger partial charge on any atom is 0.155 e. The van der Waals surface area contributed by atoms with E-state index < -0.39 is 15.1 Å². The molecular weight excluding hydrogens is 204 g/mol. The van der Waals surface area contributed by atoms with Gasteiger partial charge in [-0.3, -0.25) is 4.79 Å². The van der Waals surface area contributed by atoms with Crippen LogP contribution >= 0.6 is 0 Å². The van der Waals surface area contributed by atoms with Crippen molar-refractivity contribution >= 4 is 15.6 Å². The molecule has 1 atom stereocenters. The Labute approximate surface area is 84.6 Å². The van der Waals surface area contributed by atoms with Gasteiger partial charge < -0.3 is 4.74 Å². The van der Waals surface area contributed by atoms with E-state index in [1.807, 2.05) is 0 Å². The van der Waals surface area contributed by atoms with Crippen molar-refractivity contribution in [2.24, 2.45) is 0 Å². The fourth-order valence-corrected chi connectivity index (χ4v) is 3.36. The predicted molar refractivity (Wildman–Crippen MR) is 52.9 cm³/mol. The number of carbonyl (C=O) groups excluding carboxylic acids is 1. The van der Waals surface area contributed by atoms with E-state index in [1.165, 1.54) is 7.11 Å². The van der Waals surface area contributed by atoms with Crippen LogP contribution in [0.5, 0.6) is 0 Å². The van der Waals surface area contributed by atoms with Crippen LogP contribution in [0.15, 0.2) is 0 Å². The third-order valence-corrected chi connectivity index (χ3v) is 4.67. The average Bonchev–Trinajstić information content (AvgIpc) is 2.15. The van der Waals surface area contributed by atoms with Crippen LogP contribution < -0.4 is 0 Å². The smallest absolute Gasteiger partial charge is 0.155 e. The van der Waals surface area contributed by atoms with Crippen LogP contribution in [-0.4, -0.2) is 38.9 Å². The highest BCUT2D eigenvalue weighted by atomic mass is 32.2. The van der Waals surface area contributed by atoms with Gasteiger partial charge in [0, 0.05) is 20.0 Å². The molecule has 1 rings (SSSR count). The molecule has 1 aliphatic carbocycles. The van der Waals surface area contributed by atoms with Gasteiger partial charge in [0.15, 0.2) is 9.84 Å². The molecule has 1 saturated carbocycles. The van der Waals surface area contributed by atoms with Gasteiger partial charge >= 0.3 is 0 Å². The molecule has 0 saturated heterocycles. The minimum Gasteiger partial charge on any atom is -0.384 e. The molecule has 1 fully saturated rings. The third kappa shape index (κ3) is 3.06. The molecule has 4 nitrogen and oxygen atoms in total. The van der Waals surface area contributed by atoms with Crippen molar-refractivity contribution in [3.05, 3.63) is 0 Å². The molecular formula is C9H16O4S. The van der Waals surface area contributed by atoms with Crippen molar-refractivity contribution in [2.75, 3.05) is 19.5 Å². The number of Topliss-reactive ketones (excluding diaryl/α,β-unsaturated/α-hetero) is 1. The van der Waals surface area contributed by atoms with Crippen molar-refractivity contribution in [1.82, 2.24) is 0 Å². The first-order chi connectivity index (χ1) is 6.56. The second-order valence-corrected chi connectivity index (χ2v) is 6.02. The maximum atomic E-state index is 11.7. The topological polar surface area (TPSA) is 60.4 Å². The molecule has 14 heavy (non-hydrogen) atoms. The molecule has 0 aromatic carbocycles. The number of carbonyl (C=O) groups is 1. The van der Waals surface area contributed by atoms with Crippen LogP contribution in [0.4, 0.5) is 0 Å². The van der Waals surface area contributed by atoms with Gasteiger partial charge in [0.05, 0.1) is 17.6 Å². The normalized spacial score (nSPS) is 23.8. The lowest BCUT2D eigenvalue weighted by molar-refractivity contribution is -0.120. The van der Waals surface area contributed by atoms with Gasteiger partial charge in [0.25, 0.3) is 0 Å². The van der Waals surface area contributed by atoms with E-state index in [-0.39, 0.29) is 24.6 Å². The minimum atomic E-state index is -3.12. The standard InChI is InChI=1S/C9H16O4S/c1-13-5-6-14(11,12)9-4-2-3-8(10)7-9/h9H,2-7H2,1H3. The highest BCUT2D eigenvalue weighted by molar-refractivity contribution is 7.92. The number of sulfone groups is 1. The van der Waals surface area contributed by atoms with Gasteiger partial charge in [-0.2, -0.15) is 0 Å². The third-order valence-electron chi connectivity index (χ3n) is 2.52. The summed E-state index contributed by atoms with van der Waals surface area (Å²) in [6.45, 7) is 0.215. The molecule has 0 bridgehead atoms. The quantitative estimate of drug-likeness (QED) is 0.694. The molecule has 1 unspecified atom stereocenters. The summed E-state index contributed by atoms with van der Waals surface area (Å²) < 4.78 is 28.0. The molecule has 0 aromatic heterocycles. The summed E-state index contributed by atoms with van der Waals surface area (Å²) in [5.41, 5.74) is 0. The molecule has 1 aliphatic rings. The van der Waals surface area contributed by atoms with Crippen molar-refractivity contribution in [2.45, 2.75) is 30.9 Å². The largest absolute Gasteiger partial charge is 0.384 e. The molecule has 0 N–H and O–H groups in total. The summed E-state index contributed by atoms with van der Waals surface area (Å²) in [4.78, 5) is 11.1. The summed E-state index contributed by atoms with van der Waals surface area (Å²) in [5, 5.41) is -0.459. The Balaban J connectivity index is 2.57. The maximum absolute atomic E-state index is 11.7. The molecule has 0 aliphatic heterocycles. The van der Waals surface area contributed by atoms with Crippen molar-refractivity contribution in [3.8, 4) is 0 Å². The Kier molecular flexibility index (Phi) is 4.07. The zero-order chi connectivity index (χ0) is 10.6. The predicted octanol–water partition coefficient (Wildman–Crippen LogP) is 0.559. The monoisotopic (exact) mass is 220 g/mol. The summed E-state index contributed by atoms with van der Waals surface area (Å²) in [6.07, 6.45) is 2.07. The zero-order valence-electron chi connectivity index (χ0n) is 8.36. The fourth-order valence-electron chi connectivity index (χ4n) is 1.66. The summed E-state index contributed by atoms with van der Waals surface area (Å²) >= 11 is 0. The number of hydrogen-bond acceptors (Lipinski definition) is 4. The molecule has 0 aromatic rings. The first kappa shape index (κ1) is 11.7. The van der Waals surface area contributed by atoms with E-state index in [0.717, 1.165) is 0 Å². The van der Waals surface area contributed by atoms with Gasteiger partial charge in [-0.1, -0.05) is 0 Å². The van der Waals surface area contributed by atoms with Gasteiger partial charge in [-0.25, -0.2) is 8.42 Å². The van der Waals surface area contributed by atoms with E-state index in [2.05, 4.69) is 0 Å². The Morgan fingerprint density at radius 3 is 2.79 bits per heavy atom. The Bertz CT molecular complexity index is 294. The highest BCUT2D eigenvalue weighted by Crippen LogP contribution is 2.21. The Morgan fingerprint density at radius 2 is 2.21 bits per heavy atom. The molecule has 0 amide bonds. The van der Waals surface area contributed by atoms with Crippen LogP contribution in [0.25, 0.3) is 0 Å². The van der Waals surface area contributed by atoms with E-state index >= 15 is 0 Å². The highest BCUT2D eigenvalue weighted by Gasteiger charge is 2.30. The molecule has 0 spiro atoms. The number of rotatable bonds is 4. The molecule has 0 radical (unpaired) electrons.